The zero-order valence-electron chi connectivity index (χ0n) is 19.5. The molecule has 3 rings (SSSR count). The Labute approximate surface area is 185 Å². The van der Waals surface area contributed by atoms with Crippen molar-refractivity contribution in [1.29, 1.82) is 0 Å². The average molecular weight is 432 g/mol. The highest BCUT2D eigenvalue weighted by Crippen LogP contribution is 2.51. The third kappa shape index (κ3) is 4.37. The van der Waals surface area contributed by atoms with Gasteiger partial charge < -0.3 is 20.3 Å². The topological polar surface area (TPSA) is 95.9 Å². The summed E-state index contributed by atoms with van der Waals surface area (Å²) < 4.78 is 6.02. The Bertz CT molecular complexity index is 813. The van der Waals surface area contributed by atoms with Crippen LogP contribution in [0.25, 0.3) is 0 Å². The molecule has 8 atom stereocenters. The number of ether oxygens (including phenoxy) is 1. The van der Waals surface area contributed by atoms with Crippen molar-refractivity contribution in [2.24, 2.45) is 29.6 Å². The molecule has 0 bridgehead atoms. The first kappa shape index (κ1) is 23.7. The quantitative estimate of drug-likeness (QED) is 0.462. The fourth-order valence-corrected chi connectivity index (χ4v) is 5.66. The lowest BCUT2D eigenvalue weighted by molar-refractivity contribution is -0.172. The first-order valence-corrected chi connectivity index (χ1v) is 11.4. The normalized spacial score (nSPS) is 41.3. The van der Waals surface area contributed by atoms with Gasteiger partial charge in [0.05, 0.1) is 12.2 Å². The molecule has 1 amide bonds. The third-order valence-electron chi connectivity index (χ3n) is 7.26. The number of hydrogen-bond donors (Lipinski definition) is 3. The van der Waals surface area contributed by atoms with Gasteiger partial charge in [-0.25, -0.2) is 4.79 Å². The fourth-order valence-electron chi connectivity index (χ4n) is 5.66. The summed E-state index contributed by atoms with van der Waals surface area (Å²) in [4.78, 5) is 26.3. The first-order chi connectivity index (χ1) is 14.5. The maximum absolute atomic E-state index is 13.5. The Kier molecular flexibility index (Phi) is 6.82. The monoisotopic (exact) mass is 431 g/mol. The Morgan fingerprint density at radius 2 is 1.87 bits per heavy atom. The van der Waals surface area contributed by atoms with Gasteiger partial charge in [0.25, 0.3) is 5.91 Å². The van der Waals surface area contributed by atoms with Crippen LogP contribution >= 0.6 is 0 Å². The van der Waals surface area contributed by atoms with Crippen LogP contribution in [-0.4, -0.2) is 45.9 Å². The fraction of sp³-hybridized carbons (Fsp3) is 0.680. The molecule has 1 saturated heterocycles. The molecule has 0 aromatic carbocycles. The number of carbonyl (C=O) groups excluding carboxylic acids is 2. The summed E-state index contributed by atoms with van der Waals surface area (Å²) in [5.74, 6) is -1.26. The van der Waals surface area contributed by atoms with Crippen molar-refractivity contribution in [3.05, 3.63) is 35.5 Å². The standard InChI is InChI=1S/C25H37NO5/c1-13(2)9-19-22-17(6)15(4)12-18-11-14(3)10-16(5)23(29)20(27)7-8-21(28)31-25(18,22)24(30)26-19/h7-8,11-13,16-20,22-23,27,29H,9-10H2,1-6H3,(H,26,30). The lowest BCUT2D eigenvalue weighted by atomic mass is 9.63. The maximum Gasteiger partial charge on any atom is 0.331 e. The van der Waals surface area contributed by atoms with E-state index >= 15 is 0 Å². The molecule has 1 fully saturated rings. The molecule has 0 saturated carbocycles. The van der Waals surface area contributed by atoms with Gasteiger partial charge in [0.15, 0.2) is 0 Å². The molecule has 6 nitrogen and oxygen atoms in total. The number of carbonyl (C=O) groups is 2. The van der Waals surface area contributed by atoms with Gasteiger partial charge in [0, 0.05) is 24.0 Å². The average Bonchev–Trinajstić information content (AvgIpc) is 2.94. The number of rotatable bonds is 2. The second-order valence-electron chi connectivity index (χ2n) is 10.2. The Morgan fingerprint density at radius 3 is 2.52 bits per heavy atom. The summed E-state index contributed by atoms with van der Waals surface area (Å²) in [6, 6.07) is -0.0848. The highest BCUT2D eigenvalue weighted by molar-refractivity contribution is 5.94. The van der Waals surface area contributed by atoms with E-state index in [-0.39, 0.29) is 29.7 Å². The predicted molar refractivity (Wildman–Crippen MR) is 119 cm³/mol. The van der Waals surface area contributed by atoms with Crippen LogP contribution in [0.15, 0.2) is 35.5 Å². The Hall–Kier alpha value is -1.92. The molecule has 1 spiro atoms. The van der Waals surface area contributed by atoms with E-state index in [0.29, 0.717) is 12.3 Å². The number of aliphatic hydroxyl groups excluding tert-OH is 2. The molecular weight excluding hydrogens is 394 g/mol. The van der Waals surface area contributed by atoms with E-state index < -0.39 is 29.7 Å². The number of amides is 1. The van der Waals surface area contributed by atoms with Crippen molar-refractivity contribution in [3.63, 3.8) is 0 Å². The predicted octanol–water partition coefficient (Wildman–Crippen LogP) is 2.91. The summed E-state index contributed by atoms with van der Waals surface area (Å²) in [7, 11) is 0. The van der Waals surface area contributed by atoms with Crippen molar-refractivity contribution in [2.75, 3.05) is 0 Å². The van der Waals surface area contributed by atoms with Gasteiger partial charge in [0.1, 0.15) is 0 Å². The third-order valence-corrected chi connectivity index (χ3v) is 7.26. The lowest BCUT2D eigenvalue weighted by Crippen LogP contribution is -2.56. The molecule has 1 aliphatic carbocycles. The molecule has 2 aliphatic heterocycles. The van der Waals surface area contributed by atoms with Crippen molar-refractivity contribution in [3.8, 4) is 0 Å². The smallest absolute Gasteiger partial charge is 0.331 e. The van der Waals surface area contributed by atoms with E-state index in [9.17, 15) is 19.8 Å². The van der Waals surface area contributed by atoms with Gasteiger partial charge in [-0.2, -0.15) is 0 Å². The van der Waals surface area contributed by atoms with Gasteiger partial charge in [-0.1, -0.05) is 51.0 Å². The summed E-state index contributed by atoms with van der Waals surface area (Å²) >= 11 is 0. The molecule has 172 valence electrons. The van der Waals surface area contributed by atoms with Crippen molar-refractivity contribution in [2.45, 2.75) is 78.2 Å². The second kappa shape index (κ2) is 8.91. The van der Waals surface area contributed by atoms with Crippen LogP contribution in [0.4, 0.5) is 0 Å². The zero-order chi connectivity index (χ0) is 23.1. The number of aliphatic hydroxyl groups is 2. The SMILES string of the molecule is CC1=CC2C=C(C)C(C)C3C(CC(C)C)NC(=O)C23OC(=O)C=CC(O)C(O)C(C)C1. The molecule has 0 aromatic rings. The minimum absolute atomic E-state index is 0.0728. The zero-order valence-corrected chi connectivity index (χ0v) is 19.5. The number of allylic oxidation sites excluding steroid dienone is 2. The molecular formula is C25H37NO5. The number of nitrogens with one attached hydrogen (secondary N) is 1. The Balaban J connectivity index is 2.15. The van der Waals surface area contributed by atoms with Crippen LogP contribution in [-0.2, 0) is 14.3 Å². The summed E-state index contributed by atoms with van der Waals surface area (Å²) in [6.45, 7) is 12.2. The van der Waals surface area contributed by atoms with Gasteiger partial charge in [-0.05, 0) is 50.5 Å². The van der Waals surface area contributed by atoms with Crippen LogP contribution in [0.1, 0.15) is 54.4 Å². The molecule has 2 heterocycles. The van der Waals surface area contributed by atoms with Crippen LogP contribution < -0.4 is 5.32 Å². The van der Waals surface area contributed by atoms with E-state index in [0.717, 1.165) is 18.1 Å². The van der Waals surface area contributed by atoms with E-state index in [1.807, 2.05) is 19.9 Å². The van der Waals surface area contributed by atoms with Crippen LogP contribution in [0.2, 0.25) is 0 Å². The van der Waals surface area contributed by atoms with Crippen LogP contribution in [0, 0.1) is 29.6 Å². The maximum atomic E-state index is 13.5. The van der Waals surface area contributed by atoms with Crippen LogP contribution in [0.5, 0.6) is 0 Å². The van der Waals surface area contributed by atoms with Crippen molar-refractivity contribution >= 4 is 11.9 Å². The molecule has 0 aromatic heterocycles. The lowest BCUT2D eigenvalue weighted by Gasteiger charge is -2.45. The molecule has 6 heteroatoms. The van der Waals surface area contributed by atoms with Crippen LogP contribution in [0.3, 0.4) is 0 Å². The van der Waals surface area contributed by atoms with Gasteiger partial charge in [-0.15, -0.1) is 0 Å². The highest BCUT2D eigenvalue weighted by Gasteiger charge is 2.64. The first-order valence-electron chi connectivity index (χ1n) is 11.4. The van der Waals surface area contributed by atoms with Gasteiger partial charge >= 0.3 is 5.97 Å². The summed E-state index contributed by atoms with van der Waals surface area (Å²) in [5, 5.41) is 23.8. The summed E-state index contributed by atoms with van der Waals surface area (Å²) in [5.41, 5.74) is 0.844. The van der Waals surface area contributed by atoms with E-state index in [2.05, 4.69) is 39.1 Å². The van der Waals surface area contributed by atoms with E-state index in [1.165, 1.54) is 11.6 Å². The molecule has 0 radical (unpaired) electrons. The Morgan fingerprint density at radius 1 is 1.19 bits per heavy atom. The van der Waals surface area contributed by atoms with E-state index in [1.54, 1.807) is 0 Å². The highest BCUT2D eigenvalue weighted by atomic mass is 16.6. The summed E-state index contributed by atoms with van der Waals surface area (Å²) in [6.07, 6.45) is 5.66. The van der Waals surface area contributed by atoms with Crippen molar-refractivity contribution in [1.82, 2.24) is 5.32 Å². The van der Waals surface area contributed by atoms with Gasteiger partial charge in [-0.3, -0.25) is 4.79 Å². The minimum atomic E-state index is -1.33. The largest absolute Gasteiger partial charge is 0.444 e. The second-order valence-corrected chi connectivity index (χ2v) is 10.2. The molecule has 8 unspecified atom stereocenters. The number of hydrogen-bond acceptors (Lipinski definition) is 5. The molecule has 3 aliphatic rings. The number of esters is 1. The minimum Gasteiger partial charge on any atom is -0.444 e. The molecule has 31 heavy (non-hydrogen) atoms. The van der Waals surface area contributed by atoms with E-state index in [4.69, 9.17) is 4.74 Å². The molecule has 3 N–H and O–H groups in total. The van der Waals surface area contributed by atoms with Crippen molar-refractivity contribution < 1.29 is 24.5 Å². The van der Waals surface area contributed by atoms with Gasteiger partial charge in [0.2, 0.25) is 5.60 Å².